The van der Waals surface area contributed by atoms with Gasteiger partial charge in [0.2, 0.25) is 0 Å². The van der Waals surface area contributed by atoms with E-state index in [-0.39, 0.29) is 11.5 Å². The highest BCUT2D eigenvalue weighted by molar-refractivity contribution is 6.06. The van der Waals surface area contributed by atoms with E-state index in [1.165, 1.54) is 12.1 Å². The number of benzene rings is 2. The molecule has 104 valence electrons. The molecule has 0 aliphatic rings. The van der Waals surface area contributed by atoms with Crippen LogP contribution in [0.3, 0.4) is 0 Å². The Hall–Kier alpha value is -2.20. The van der Waals surface area contributed by atoms with E-state index in [1.807, 2.05) is 30.3 Å². The number of hydrogen-bond donors (Lipinski definition) is 1. The van der Waals surface area contributed by atoms with Crippen LogP contribution in [0.2, 0.25) is 0 Å². The average molecular weight is 272 g/mol. The summed E-state index contributed by atoms with van der Waals surface area (Å²) in [5.74, 6) is -0.853. The summed E-state index contributed by atoms with van der Waals surface area (Å²) in [5, 5.41) is 0. The van der Waals surface area contributed by atoms with Crippen LogP contribution in [-0.4, -0.2) is 19.0 Å². The van der Waals surface area contributed by atoms with Gasteiger partial charge in [0.25, 0.3) is 5.91 Å². The topological polar surface area (TPSA) is 46.3 Å². The summed E-state index contributed by atoms with van der Waals surface area (Å²) < 4.78 is 13.8. The van der Waals surface area contributed by atoms with Crippen molar-refractivity contribution in [2.75, 3.05) is 18.0 Å². The normalized spacial score (nSPS) is 10.3. The monoisotopic (exact) mass is 272 g/mol. The number of rotatable bonds is 5. The molecule has 0 unspecified atom stereocenters. The fourth-order valence-corrected chi connectivity index (χ4v) is 1.99. The predicted octanol–water partition coefficient (Wildman–Crippen LogP) is 2.82. The third-order valence-electron chi connectivity index (χ3n) is 3.00. The molecule has 0 aliphatic heterocycles. The average Bonchev–Trinajstić information content (AvgIpc) is 2.49. The van der Waals surface area contributed by atoms with Crippen molar-refractivity contribution in [2.45, 2.75) is 6.42 Å². The second kappa shape index (κ2) is 6.82. The van der Waals surface area contributed by atoms with E-state index in [2.05, 4.69) is 0 Å². The Bertz CT molecular complexity index is 572. The highest BCUT2D eigenvalue weighted by Gasteiger charge is 2.19. The van der Waals surface area contributed by atoms with Crippen LogP contribution in [0.25, 0.3) is 0 Å². The molecular formula is C16H17FN2O. The third-order valence-corrected chi connectivity index (χ3v) is 3.00. The summed E-state index contributed by atoms with van der Waals surface area (Å²) in [4.78, 5) is 14.1. The van der Waals surface area contributed by atoms with Crippen molar-refractivity contribution in [3.05, 3.63) is 66.0 Å². The molecule has 0 saturated heterocycles. The van der Waals surface area contributed by atoms with Crippen molar-refractivity contribution in [3.8, 4) is 0 Å². The van der Waals surface area contributed by atoms with Crippen LogP contribution in [0.5, 0.6) is 0 Å². The molecule has 2 rings (SSSR count). The van der Waals surface area contributed by atoms with Crippen LogP contribution in [0.4, 0.5) is 10.1 Å². The first-order valence-corrected chi connectivity index (χ1v) is 6.55. The lowest BCUT2D eigenvalue weighted by atomic mass is 10.1. The largest absolute Gasteiger partial charge is 0.330 e. The van der Waals surface area contributed by atoms with E-state index >= 15 is 0 Å². The summed E-state index contributed by atoms with van der Waals surface area (Å²) in [6, 6.07) is 15.2. The summed E-state index contributed by atoms with van der Waals surface area (Å²) in [7, 11) is 0. The molecule has 0 aliphatic carbocycles. The van der Waals surface area contributed by atoms with E-state index in [0.717, 1.165) is 5.69 Å². The van der Waals surface area contributed by atoms with Gasteiger partial charge in [-0.1, -0.05) is 30.3 Å². The molecule has 0 aromatic heterocycles. The van der Waals surface area contributed by atoms with Gasteiger partial charge in [-0.3, -0.25) is 4.79 Å². The number of anilines is 1. The van der Waals surface area contributed by atoms with Gasteiger partial charge in [-0.25, -0.2) is 4.39 Å². The van der Waals surface area contributed by atoms with Crippen molar-refractivity contribution < 1.29 is 9.18 Å². The predicted molar refractivity (Wildman–Crippen MR) is 78.2 cm³/mol. The number of hydrogen-bond acceptors (Lipinski definition) is 2. The summed E-state index contributed by atoms with van der Waals surface area (Å²) >= 11 is 0. The molecule has 0 radical (unpaired) electrons. The van der Waals surface area contributed by atoms with Crippen LogP contribution in [0, 0.1) is 5.82 Å². The first kappa shape index (κ1) is 14.2. The highest BCUT2D eigenvalue weighted by atomic mass is 19.1. The summed E-state index contributed by atoms with van der Waals surface area (Å²) in [5.41, 5.74) is 6.33. The summed E-state index contributed by atoms with van der Waals surface area (Å²) in [6.45, 7) is 0.946. The Morgan fingerprint density at radius 1 is 1.05 bits per heavy atom. The maximum atomic E-state index is 13.8. The van der Waals surface area contributed by atoms with Gasteiger partial charge in [0.1, 0.15) is 5.82 Å². The molecule has 0 saturated carbocycles. The van der Waals surface area contributed by atoms with Crippen molar-refractivity contribution in [3.63, 3.8) is 0 Å². The second-order valence-electron chi connectivity index (χ2n) is 4.41. The number of para-hydroxylation sites is 1. The molecule has 0 atom stereocenters. The minimum absolute atomic E-state index is 0.0772. The first-order valence-electron chi connectivity index (χ1n) is 6.55. The molecular weight excluding hydrogens is 255 g/mol. The molecule has 1 amide bonds. The van der Waals surface area contributed by atoms with Gasteiger partial charge < -0.3 is 10.6 Å². The molecule has 4 heteroatoms. The minimum atomic E-state index is -0.508. The van der Waals surface area contributed by atoms with Crippen LogP contribution in [0.15, 0.2) is 54.6 Å². The molecule has 2 N–H and O–H groups in total. The van der Waals surface area contributed by atoms with Gasteiger partial charge in [-0.05, 0) is 37.2 Å². The lowest BCUT2D eigenvalue weighted by Crippen LogP contribution is -2.33. The lowest BCUT2D eigenvalue weighted by molar-refractivity contribution is 0.0983. The van der Waals surface area contributed by atoms with E-state index in [9.17, 15) is 9.18 Å². The van der Waals surface area contributed by atoms with Crippen LogP contribution in [-0.2, 0) is 0 Å². The van der Waals surface area contributed by atoms with E-state index in [1.54, 1.807) is 17.0 Å². The van der Waals surface area contributed by atoms with Gasteiger partial charge in [0.15, 0.2) is 0 Å². The van der Waals surface area contributed by atoms with E-state index in [4.69, 9.17) is 5.73 Å². The van der Waals surface area contributed by atoms with Crippen molar-refractivity contribution in [1.29, 1.82) is 0 Å². The minimum Gasteiger partial charge on any atom is -0.330 e. The smallest absolute Gasteiger partial charge is 0.261 e. The molecule has 3 nitrogen and oxygen atoms in total. The number of amides is 1. The Morgan fingerprint density at radius 2 is 1.70 bits per heavy atom. The Kier molecular flexibility index (Phi) is 4.85. The van der Waals surface area contributed by atoms with E-state index in [0.29, 0.717) is 19.5 Å². The molecule has 20 heavy (non-hydrogen) atoms. The fraction of sp³-hybridized carbons (Fsp3) is 0.188. The number of nitrogens with zero attached hydrogens (tertiary/aromatic N) is 1. The van der Waals surface area contributed by atoms with Crippen molar-refractivity contribution in [1.82, 2.24) is 0 Å². The van der Waals surface area contributed by atoms with Gasteiger partial charge in [-0.2, -0.15) is 0 Å². The van der Waals surface area contributed by atoms with Crippen molar-refractivity contribution in [2.24, 2.45) is 5.73 Å². The van der Waals surface area contributed by atoms with Crippen LogP contribution < -0.4 is 10.6 Å². The quantitative estimate of drug-likeness (QED) is 0.909. The fourth-order valence-electron chi connectivity index (χ4n) is 1.99. The maximum Gasteiger partial charge on any atom is 0.261 e. The summed E-state index contributed by atoms with van der Waals surface area (Å²) in [6.07, 6.45) is 0.662. The third kappa shape index (κ3) is 3.22. The van der Waals surface area contributed by atoms with Crippen molar-refractivity contribution >= 4 is 11.6 Å². The number of carbonyl (C=O) groups excluding carboxylic acids is 1. The molecule has 2 aromatic rings. The zero-order valence-corrected chi connectivity index (χ0v) is 11.1. The molecule has 0 bridgehead atoms. The number of nitrogens with two attached hydrogens (primary N) is 1. The van der Waals surface area contributed by atoms with Gasteiger partial charge in [0.05, 0.1) is 5.56 Å². The second-order valence-corrected chi connectivity index (χ2v) is 4.41. The Labute approximate surface area is 117 Å². The Balaban J connectivity index is 2.32. The number of halogens is 1. The van der Waals surface area contributed by atoms with Gasteiger partial charge in [0, 0.05) is 12.2 Å². The lowest BCUT2D eigenvalue weighted by Gasteiger charge is -2.23. The van der Waals surface area contributed by atoms with E-state index < -0.39 is 5.82 Å². The standard InChI is InChI=1S/C16H17FN2O/c17-15-10-5-4-9-14(15)16(20)19(12-6-11-18)13-7-2-1-3-8-13/h1-5,7-10H,6,11-12,18H2. The maximum absolute atomic E-state index is 13.8. The van der Waals surface area contributed by atoms with Gasteiger partial charge >= 0.3 is 0 Å². The molecule has 0 fully saturated rings. The molecule has 0 spiro atoms. The number of carbonyl (C=O) groups is 1. The zero-order chi connectivity index (χ0) is 14.4. The molecule has 2 aromatic carbocycles. The van der Waals surface area contributed by atoms with Crippen LogP contribution in [0.1, 0.15) is 16.8 Å². The van der Waals surface area contributed by atoms with Crippen LogP contribution >= 0.6 is 0 Å². The first-order chi connectivity index (χ1) is 9.74. The van der Waals surface area contributed by atoms with Gasteiger partial charge in [-0.15, -0.1) is 0 Å². The highest BCUT2D eigenvalue weighted by Crippen LogP contribution is 2.18. The zero-order valence-electron chi connectivity index (χ0n) is 11.1. The molecule has 0 heterocycles. The SMILES string of the molecule is NCCCN(C(=O)c1ccccc1F)c1ccccc1. The Morgan fingerprint density at radius 3 is 2.35 bits per heavy atom.